The second-order valence-electron chi connectivity index (χ2n) is 6.15. The fraction of sp³-hybridized carbons (Fsp3) is 0.471. The average Bonchev–Trinajstić information content (AvgIpc) is 3.10. The summed E-state index contributed by atoms with van der Waals surface area (Å²) in [5.74, 6) is -0.0993. The maximum Gasteiger partial charge on any atom is 0.405 e. The van der Waals surface area contributed by atoms with Crippen LogP contribution in [0.15, 0.2) is 35.5 Å². The van der Waals surface area contributed by atoms with Gasteiger partial charge in [0.25, 0.3) is 0 Å². The van der Waals surface area contributed by atoms with E-state index < -0.39 is 23.9 Å². The van der Waals surface area contributed by atoms with E-state index >= 15 is 0 Å². The summed E-state index contributed by atoms with van der Waals surface area (Å²) in [6.07, 6.45) is -4.45. The molecule has 11 heteroatoms. The van der Waals surface area contributed by atoms with E-state index in [2.05, 4.69) is 10.2 Å². The second-order valence-corrected chi connectivity index (χ2v) is 7.45. The molecule has 2 aromatic rings. The van der Waals surface area contributed by atoms with Gasteiger partial charge in [-0.25, -0.2) is 0 Å². The monoisotopic (exact) mass is 415 g/mol. The number of carbonyl (C=O) groups is 1. The normalized spacial score (nSPS) is 16.1. The minimum absolute atomic E-state index is 0.433. The van der Waals surface area contributed by atoms with Gasteiger partial charge in [-0.3, -0.25) is 9.36 Å². The molecule has 0 radical (unpaired) electrons. The Hall–Kier alpha value is -2.27. The summed E-state index contributed by atoms with van der Waals surface area (Å²) in [6.45, 7) is 2.62. The van der Waals surface area contributed by atoms with E-state index in [1.165, 1.54) is 6.92 Å². The molecule has 2 heterocycles. The smallest absolute Gasteiger partial charge is 0.378 e. The Morgan fingerprint density at radius 1 is 1.25 bits per heavy atom. The molecule has 0 aliphatic carbocycles. The predicted molar refractivity (Wildman–Crippen MR) is 98.8 cm³/mol. The summed E-state index contributed by atoms with van der Waals surface area (Å²) < 4.78 is 44.2. The van der Waals surface area contributed by atoms with Gasteiger partial charge in [-0.2, -0.15) is 13.2 Å². The Morgan fingerprint density at radius 2 is 1.93 bits per heavy atom. The quantitative estimate of drug-likeness (QED) is 0.730. The highest BCUT2D eigenvalue weighted by molar-refractivity contribution is 8.00. The van der Waals surface area contributed by atoms with Gasteiger partial charge in [0.2, 0.25) is 11.9 Å². The lowest BCUT2D eigenvalue weighted by molar-refractivity contribution is -0.137. The largest absolute Gasteiger partial charge is 0.405 e. The number of nitrogens with one attached hydrogen (secondary N) is 1. The Kier molecular flexibility index (Phi) is 6.45. The molecule has 28 heavy (non-hydrogen) atoms. The van der Waals surface area contributed by atoms with Gasteiger partial charge in [-0.05, 0) is 19.1 Å². The number of amides is 1. The van der Waals surface area contributed by atoms with E-state index in [1.807, 2.05) is 45.1 Å². The number of aromatic nitrogens is 3. The number of halogens is 3. The number of nitrogens with zero attached hydrogens (tertiary/aromatic N) is 4. The predicted octanol–water partition coefficient (Wildman–Crippen LogP) is 2.26. The molecule has 1 atom stereocenters. The van der Waals surface area contributed by atoms with Crippen molar-refractivity contribution in [1.29, 1.82) is 0 Å². The molecule has 1 aromatic heterocycles. The van der Waals surface area contributed by atoms with Crippen LogP contribution in [-0.2, 0) is 9.53 Å². The number of rotatable bonds is 6. The van der Waals surface area contributed by atoms with Crippen molar-refractivity contribution in [2.24, 2.45) is 0 Å². The number of para-hydroxylation sites is 1. The molecule has 7 nitrogen and oxygen atoms in total. The summed E-state index contributed by atoms with van der Waals surface area (Å²) in [5, 5.41) is 10.0. The zero-order valence-corrected chi connectivity index (χ0v) is 16.0. The van der Waals surface area contributed by atoms with Crippen LogP contribution in [0.1, 0.15) is 6.92 Å². The second kappa shape index (κ2) is 8.82. The molecule has 1 aliphatic rings. The SMILES string of the molecule is CC(Sc1nnc(N2CCOCC2)n1-c1ccccc1)C(=O)NCC(F)(F)F. The molecule has 1 amide bonds. The van der Waals surface area contributed by atoms with E-state index in [-0.39, 0.29) is 0 Å². The Morgan fingerprint density at radius 3 is 2.57 bits per heavy atom. The number of benzene rings is 1. The van der Waals surface area contributed by atoms with Crippen LogP contribution in [0.2, 0.25) is 0 Å². The summed E-state index contributed by atoms with van der Waals surface area (Å²) in [5.41, 5.74) is 0.805. The van der Waals surface area contributed by atoms with Crippen molar-refractivity contribution >= 4 is 23.6 Å². The fourth-order valence-electron chi connectivity index (χ4n) is 2.65. The molecule has 1 aromatic carbocycles. The number of alkyl halides is 3. The summed E-state index contributed by atoms with van der Waals surface area (Å²) in [6, 6.07) is 9.37. The van der Waals surface area contributed by atoms with Gasteiger partial charge in [0.1, 0.15) is 6.54 Å². The number of morpholine rings is 1. The number of hydrogen-bond acceptors (Lipinski definition) is 6. The van der Waals surface area contributed by atoms with Gasteiger partial charge in [0.05, 0.1) is 24.2 Å². The molecule has 1 saturated heterocycles. The van der Waals surface area contributed by atoms with E-state index in [0.717, 1.165) is 17.4 Å². The van der Waals surface area contributed by atoms with Crippen molar-refractivity contribution < 1.29 is 22.7 Å². The van der Waals surface area contributed by atoms with Gasteiger partial charge < -0.3 is 15.0 Å². The van der Waals surface area contributed by atoms with Crippen LogP contribution in [0.3, 0.4) is 0 Å². The van der Waals surface area contributed by atoms with Crippen LogP contribution < -0.4 is 10.2 Å². The highest BCUT2D eigenvalue weighted by Gasteiger charge is 2.30. The summed E-state index contributed by atoms with van der Waals surface area (Å²) in [7, 11) is 0. The molecular formula is C17H20F3N5O2S. The standard InChI is InChI=1S/C17H20F3N5O2S/c1-12(14(26)21-11-17(18,19)20)28-16-23-22-15(24-7-9-27-10-8-24)25(16)13-5-3-2-4-6-13/h2-6,12H,7-11H2,1H3,(H,21,26). The van der Waals surface area contributed by atoms with Gasteiger partial charge in [-0.15, -0.1) is 10.2 Å². The Bertz CT molecular complexity index is 794. The molecule has 3 rings (SSSR count). The molecular weight excluding hydrogens is 395 g/mol. The van der Waals surface area contributed by atoms with Crippen molar-refractivity contribution in [3.63, 3.8) is 0 Å². The molecule has 0 saturated carbocycles. The first-order valence-electron chi connectivity index (χ1n) is 8.70. The van der Waals surface area contributed by atoms with Gasteiger partial charge in [0, 0.05) is 13.1 Å². The molecule has 0 bridgehead atoms. The third-order valence-electron chi connectivity index (χ3n) is 4.04. The molecule has 1 N–H and O–H groups in total. The fourth-order valence-corrected chi connectivity index (χ4v) is 3.54. The van der Waals surface area contributed by atoms with Crippen molar-refractivity contribution in [2.75, 3.05) is 37.7 Å². The van der Waals surface area contributed by atoms with Crippen molar-refractivity contribution in [3.05, 3.63) is 30.3 Å². The van der Waals surface area contributed by atoms with Crippen molar-refractivity contribution in [1.82, 2.24) is 20.1 Å². The lowest BCUT2D eigenvalue weighted by Crippen LogP contribution is -2.38. The average molecular weight is 415 g/mol. The molecule has 152 valence electrons. The number of hydrogen-bond donors (Lipinski definition) is 1. The van der Waals surface area contributed by atoms with E-state index in [9.17, 15) is 18.0 Å². The number of ether oxygens (including phenoxy) is 1. The van der Waals surface area contributed by atoms with E-state index in [4.69, 9.17) is 4.74 Å². The first-order chi connectivity index (χ1) is 13.3. The van der Waals surface area contributed by atoms with Gasteiger partial charge >= 0.3 is 6.18 Å². The minimum atomic E-state index is -4.45. The van der Waals surface area contributed by atoms with Crippen molar-refractivity contribution in [2.45, 2.75) is 23.5 Å². The van der Waals surface area contributed by atoms with Crippen LogP contribution in [0.4, 0.5) is 19.1 Å². The Labute approximate surface area is 164 Å². The van der Waals surface area contributed by atoms with Gasteiger partial charge in [-0.1, -0.05) is 30.0 Å². The highest BCUT2D eigenvalue weighted by Crippen LogP contribution is 2.29. The zero-order chi connectivity index (χ0) is 20.1. The number of anilines is 1. The molecule has 1 aliphatic heterocycles. The molecule has 0 spiro atoms. The number of carbonyl (C=O) groups excluding carboxylic acids is 1. The lowest BCUT2D eigenvalue weighted by atomic mass is 10.3. The topological polar surface area (TPSA) is 72.3 Å². The van der Waals surface area contributed by atoms with E-state index in [1.54, 1.807) is 0 Å². The first-order valence-corrected chi connectivity index (χ1v) is 9.58. The van der Waals surface area contributed by atoms with Crippen LogP contribution >= 0.6 is 11.8 Å². The molecule has 1 unspecified atom stereocenters. The zero-order valence-electron chi connectivity index (χ0n) is 15.1. The van der Waals surface area contributed by atoms with E-state index in [0.29, 0.717) is 37.4 Å². The van der Waals surface area contributed by atoms with Crippen LogP contribution in [0, 0.1) is 0 Å². The minimum Gasteiger partial charge on any atom is -0.378 e. The lowest BCUT2D eigenvalue weighted by Gasteiger charge is -2.28. The van der Waals surface area contributed by atoms with Gasteiger partial charge in [0.15, 0.2) is 5.16 Å². The third-order valence-corrected chi connectivity index (χ3v) is 5.08. The molecule has 1 fully saturated rings. The summed E-state index contributed by atoms with van der Waals surface area (Å²) >= 11 is 1.06. The first kappa shape index (κ1) is 20.5. The number of thioether (sulfide) groups is 1. The maximum absolute atomic E-state index is 12.3. The Balaban J connectivity index is 1.82. The van der Waals surface area contributed by atoms with Crippen LogP contribution in [0.5, 0.6) is 0 Å². The van der Waals surface area contributed by atoms with Crippen molar-refractivity contribution in [3.8, 4) is 5.69 Å². The highest BCUT2D eigenvalue weighted by atomic mass is 32.2. The summed E-state index contributed by atoms with van der Waals surface area (Å²) in [4.78, 5) is 14.1. The maximum atomic E-state index is 12.3. The van der Waals surface area contributed by atoms with Crippen LogP contribution in [0.25, 0.3) is 5.69 Å². The van der Waals surface area contributed by atoms with Crippen LogP contribution in [-0.4, -0.2) is 64.9 Å². The third kappa shape index (κ3) is 5.16.